The number of amides is 1. The minimum atomic E-state index is -1.43. The number of nitrogens with zero attached hydrogens (tertiary/aromatic N) is 1. The van der Waals surface area contributed by atoms with E-state index >= 15 is 4.39 Å². The Kier molecular flexibility index (Phi) is 5.25. The van der Waals surface area contributed by atoms with Gasteiger partial charge in [-0.05, 0) is 42.3 Å². The molecule has 3 aromatic rings. The first-order valence-electron chi connectivity index (χ1n) is 12.9. The minimum Gasteiger partial charge on any atom is -0.352 e. The van der Waals surface area contributed by atoms with Gasteiger partial charge in [0.2, 0.25) is 5.91 Å². The largest absolute Gasteiger partial charge is 0.352 e. The number of rotatable bonds is 3. The van der Waals surface area contributed by atoms with E-state index in [2.05, 4.69) is 5.32 Å². The van der Waals surface area contributed by atoms with Crippen molar-refractivity contribution in [2.75, 3.05) is 10.2 Å². The molecule has 4 atom stereocenters. The Bertz CT molecular complexity index is 1550. The van der Waals surface area contributed by atoms with Crippen molar-refractivity contribution in [1.82, 2.24) is 0 Å². The van der Waals surface area contributed by atoms with Gasteiger partial charge < -0.3 is 10.2 Å². The predicted octanol–water partition coefficient (Wildman–Crippen LogP) is 5.80. The Labute approximate surface area is 221 Å². The van der Waals surface area contributed by atoms with Crippen LogP contribution in [-0.2, 0) is 15.0 Å². The number of benzene rings is 3. The van der Waals surface area contributed by atoms with Gasteiger partial charge in [-0.3, -0.25) is 14.4 Å². The number of fused-ring (bicyclic) bond motifs is 6. The van der Waals surface area contributed by atoms with E-state index in [4.69, 9.17) is 0 Å². The lowest BCUT2D eigenvalue weighted by atomic mass is 9.63. The van der Waals surface area contributed by atoms with Crippen LogP contribution in [0.4, 0.5) is 15.8 Å². The molecule has 1 saturated heterocycles. The average molecular weight is 509 g/mol. The van der Waals surface area contributed by atoms with Gasteiger partial charge in [0.05, 0.1) is 17.5 Å². The fraction of sp³-hybridized carbons (Fsp3) is 0.281. The number of nitrogens with one attached hydrogen (secondary N) is 1. The van der Waals surface area contributed by atoms with Gasteiger partial charge >= 0.3 is 0 Å². The molecule has 6 rings (SSSR count). The molecule has 1 fully saturated rings. The summed E-state index contributed by atoms with van der Waals surface area (Å²) in [6.07, 6.45) is 2.00. The Morgan fingerprint density at radius 3 is 2.34 bits per heavy atom. The quantitative estimate of drug-likeness (QED) is 0.454. The van der Waals surface area contributed by atoms with Crippen LogP contribution in [0.25, 0.3) is 5.57 Å². The van der Waals surface area contributed by atoms with Crippen LogP contribution in [0, 0.1) is 17.2 Å². The maximum atomic E-state index is 15.2. The molecule has 3 aliphatic rings. The van der Waals surface area contributed by atoms with Crippen LogP contribution in [0.5, 0.6) is 0 Å². The van der Waals surface area contributed by atoms with Crippen molar-refractivity contribution in [3.8, 4) is 0 Å². The van der Waals surface area contributed by atoms with Crippen molar-refractivity contribution >= 4 is 34.4 Å². The van der Waals surface area contributed by atoms with Crippen molar-refractivity contribution in [2.24, 2.45) is 11.3 Å². The number of carbonyl (C=O) groups is 3. The molecule has 6 heteroatoms. The summed E-state index contributed by atoms with van der Waals surface area (Å²) in [6.45, 7) is 7.44. The number of carbonyl (C=O) groups excluding carboxylic acids is 3. The summed E-state index contributed by atoms with van der Waals surface area (Å²) < 4.78 is 15.2. The van der Waals surface area contributed by atoms with Crippen LogP contribution in [0.3, 0.4) is 0 Å². The Morgan fingerprint density at radius 2 is 1.61 bits per heavy atom. The smallest absolute Gasteiger partial charge is 0.238 e. The second-order valence-electron chi connectivity index (χ2n) is 11.5. The highest BCUT2D eigenvalue weighted by Crippen LogP contribution is 2.59. The van der Waals surface area contributed by atoms with Gasteiger partial charge in [0, 0.05) is 22.4 Å². The van der Waals surface area contributed by atoms with Crippen molar-refractivity contribution < 1.29 is 18.8 Å². The molecule has 0 saturated carbocycles. The Balaban J connectivity index is 1.72. The molecule has 0 aromatic heterocycles. The molecule has 1 spiro atoms. The zero-order valence-corrected chi connectivity index (χ0v) is 21.8. The van der Waals surface area contributed by atoms with Gasteiger partial charge in [-0.25, -0.2) is 4.39 Å². The van der Waals surface area contributed by atoms with Gasteiger partial charge in [-0.2, -0.15) is 0 Å². The van der Waals surface area contributed by atoms with Crippen molar-refractivity contribution in [2.45, 2.75) is 45.2 Å². The van der Waals surface area contributed by atoms with Crippen LogP contribution < -0.4 is 10.2 Å². The van der Waals surface area contributed by atoms with Crippen LogP contribution in [0.15, 0.2) is 78.9 Å². The molecule has 192 valence electrons. The minimum absolute atomic E-state index is 0.116. The van der Waals surface area contributed by atoms with E-state index in [0.29, 0.717) is 11.3 Å². The van der Waals surface area contributed by atoms with Gasteiger partial charge in [-0.1, -0.05) is 75.4 Å². The molecule has 0 aliphatic carbocycles. The summed E-state index contributed by atoms with van der Waals surface area (Å²) in [6, 6.07) is 19.3. The molecule has 3 heterocycles. The first-order valence-corrected chi connectivity index (χ1v) is 12.9. The molecule has 0 unspecified atom stereocenters. The van der Waals surface area contributed by atoms with Crippen LogP contribution in [0.1, 0.15) is 49.2 Å². The average Bonchev–Trinajstić information content (AvgIpc) is 3.36. The molecule has 0 bridgehead atoms. The predicted molar refractivity (Wildman–Crippen MR) is 146 cm³/mol. The standard InChI is InChI=1S/C32H29FN2O3/c1-18-17-25-32(21-13-7-9-15-23(21)34-30(32)38)26(28(36)20-12-5-8-14-22(20)33)27(29(37)31(2,3)4)35(25)24-16-10-6-11-19(18)24/h5-17,25-27H,1-4H3,(H,34,38)/t25-,26-,27-,32+/m0/s1. The van der Waals surface area contributed by atoms with Crippen molar-refractivity contribution in [1.29, 1.82) is 0 Å². The third-order valence-corrected chi connectivity index (χ3v) is 8.31. The first kappa shape index (κ1) is 24.3. The number of ketones is 2. The highest BCUT2D eigenvalue weighted by Gasteiger charge is 2.71. The van der Waals surface area contributed by atoms with Crippen molar-refractivity contribution in [3.63, 3.8) is 0 Å². The number of hydrogen-bond acceptors (Lipinski definition) is 4. The van der Waals surface area contributed by atoms with E-state index in [1.54, 1.807) is 6.07 Å². The van der Waals surface area contributed by atoms with Crippen LogP contribution in [0.2, 0.25) is 0 Å². The highest BCUT2D eigenvalue weighted by atomic mass is 19.1. The molecular formula is C32H29FN2O3. The molecule has 5 nitrogen and oxygen atoms in total. The summed E-state index contributed by atoms with van der Waals surface area (Å²) in [4.78, 5) is 45.1. The summed E-state index contributed by atoms with van der Waals surface area (Å²) in [7, 11) is 0. The molecule has 1 N–H and O–H groups in total. The SMILES string of the molecule is CC1=C[C@@H]2N(c3ccccc31)[C@H](C(=O)C(C)(C)C)[C@@H](C(=O)c1ccccc1F)[C@]21C(=O)Nc2ccccc21. The number of allylic oxidation sites excluding steroid dienone is 1. The third-order valence-electron chi connectivity index (χ3n) is 8.31. The maximum absolute atomic E-state index is 15.2. The lowest BCUT2D eigenvalue weighted by Crippen LogP contribution is -2.52. The zero-order valence-electron chi connectivity index (χ0n) is 21.8. The summed E-state index contributed by atoms with van der Waals surface area (Å²) in [5.41, 5.74) is 1.58. The zero-order chi connectivity index (χ0) is 27.0. The van der Waals surface area contributed by atoms with Crippen molar-refractivity contribution in [3.05, 3.63) is 101 Å². The highest BCUT2D eigenvalue weighted by molar-refractivity contribution is 6.17. The maximum Gasteiger partial charge on any atom is 0.238 e. The molecule has 3 aromatic carbocycles. The second kappa shape index (κ2) is 8.22. The fourth-order valence-corrected chi connectivity index (χ4v) is 6.66. The Hall–Kier alpha value is -4.06. The second-order valence-corrected chi connectivity index (χ2v) is 11.5. The van der Waals surface area contributed by atoms with Gasteiger partial charge in [0.1, 0.15) is 17.3 Å². The summed E-state index contributed by atoms with van der Waals surface area (Å²) >= 11 is 0. The monoisotopic (exact) mass is 508 g/mol. The lowest BCUT2D eigenvalue weighted by molar-refractivity contribution is -0.128. The fourth-order valence-electron chi connectivity index (χ4n) is 6.66. The van der Waals surface area contributed by atoms with E-state index in [-0.39, 0.29) is 17.3 Å². The number of para-hydroxylation sites is 2. The Morgan fingerprint density at radius 1 is 0.947 bits per heavy atom. The molecular weight excluding hydrogens is 479 g/mol. The molecule has 38 heavy (non-hydrogen) atoms. The summed E-state index contributed by atoms with van der Waals surface area (Å²) in [5.74, 6) is -2.89. The van der Waals surface area contributed by atoms with Gasteiger partial charge in [0.15, 0.2) is 11.6 Å². The number of halogens is 1. The number of hydrogen-bond donors (Lipinski definition) is 1. The van der Waals surface area contributed by atoms with Gasteiger partial charge in [-0.15, -0.1) is 0 Å². The van der Waals surface area contributed by atoms with E-state index in [0.717, 1.165) is 16.8 Å². The molecule has 1 amide bonds. The first-order chi connectivity index (χ1) is 18.1. The van der Waals surface area contributed by atoms with E-state index in [1.807, 2.05) is 87.2 Å². The van der Waals surface area contributed by atoms with E-state index in [9.17, 15) is 14.4 Å². The number of anilines is 2. The summed E-state index contributed by atoms with van der Waals surface area (Å²) in [5, 5.41) is 3.00. The van der Waals surface area contributed by atoms with Gasteiger partial charge in [0.25, 0.3) is 0 Å². The topological polar surface area (TPSA) is 66.5 Å². The van der Waals surface area contributed by atoms with Crippen LogP contribution in [-0.4, -0.2) is 29.6 Å². The lowest BCUT2D eigenvalue weighted by Gasteiger charge is -2.39. The molecule has 0 radical (unpaired) electrons. The van der Waals surface area contributed by atoms with E-state index < -0.39 is 40.4 Å². The number of Topliss-reactive ketones (excluding diaryl/α,β-unsaturated/α-hetero) is 2. The third kappa shape index (κ3) is 3.12. The normalized spacial score (nSPS) is 25.4. The van der Waals surface area contributed by atoms with Crippen LogP contribution >= 0.6 is 0 Å². The molecule has 3 aliphatic heterocycles. The van der Waals surface area contributed by atoms with E-state index in [1.165, 1.54) is 18.2 Å².